The summed E-state index contributed by atoms with van der Waals surface area (Å²) in [5.41, 5.74) is 1.87. The number of rotatable bonds is 10. The van der Waals surface area contributed by atoms with Crippen LogP contribution in [-0.2, 0) is 24.3 Å². The monoisotopic (exact) mass is 504 g/mol. The lowest BCUT2D eigenvalue weighted by Crippen LogP contribution is -2.40. The number of carbonyl (C=O) groups is 1. The van der Waals surface area contributed by atoms with Crippen molar-refractivity contribution in [2.75, 3.05) is 69.1 Å². The number of carbonyl (C=O) groups excluding carboxylic acids is 1. The van der Waals surface area contributed by atoms with E-state index in [1.165, 1.54) is 4.31 Å². The number of hydrogen-bond donors (Lipinski definition) is 3. The number of anilines is 3. The highest BCUT2D eigenvalue weighted by Crippen LogP contribution is 2.28. The molecule has 35 heavy (non-hydrogen) atoms. The van der Waals surface area contributed by atoms with Crippen molar-refractivity contribution in [2.45, 2.75) is 23.8 Å². The first-order valence-corrected chi connectivity index (χ1v) is 13.1. The largest absolute Gasteiger partial charge is 0.497 e. The van der Waals surface area contributed by atoms with Gasteiger partial charge in [-0.05, 0) is 55.3 Å². The normalized spacial score (nSPS) is 18.7. The molecule has 0 spiro atoms. The van der Waals surface area contributed by atoms with Gasteiger partial charge in [-0.3, -0.25) is 4.79 Å². The van der Waals surface area contributed by atoms with Crippen molar-refractivity contribution in [1.82, 2.24) is 4.31 Å². The minimum absolute atomic E-state index is 0.0400. The Kier molecular flexibility index (Phi) is 8.45. The van der Waals surface area contributed by atoms with Crippen LogP contribution < -0.4 is 20.7 Å². The fourth-order valence-electron chi connectivity index (χ4n) is 4.00. The second-order valence-corrected chi connectivity index (χ2v) is 10.3. The molecule has 190 valence electrons. The van der Waals surface area contributed by atoms with Crippen molar-refractivity contribution < 1.29 is 27.4 Å². The first-order chi connectivity index (χ1) is 17.0. The lowest BCUT2D eigenvalue weighted by Gasteiger charge is -2.26. The van der Waals surface area contributed by atoms with Crippen LogP contribution in [0, 0.1) is 0 Å². The Morgan fingerprint density at radius 3 is 2.51 bits per heavy atom. The van der Waals surface area contributed by atoms with Gasteiger partial charge >= 0.3 is 0 Å². The maximum atomic E-state index is 13.2. The number of amides is 1. The van der Waals surface area contributed by atoms with Crippen LogP contribution in [0.5, 0.6) is 5.75 Å². The summed E-state index contributed by atoms with van der Waals surface area (Å²) in [6, 6.07) is 11.9. The van der Waals surface area contributed by atoms with Crippen LogP contribution in [0.3, 0.4) is 0 Å². The number of ether oxygens (including phenoxy) is 3. The minimum Gasteiger partial charge on any atom is -0.497 e. The van der Waals surface area contributed by atoms with Crippen LogP contribution in [0.4, 0.5) is 17.1 Å². The van der Waals surface area contributed by atoms with E-state index in [-0.39, 0.29) is 23.5 Å². The Morgan fingerprint density at radius 2 is 1.83 bits per heavy atom. The molecule has 1 atom stereocenters. The van der Waals surface area contributed by atoms with E-state index in [1.807, 2.05) is 0 Å². The molecule has 1 amide bonds. The fraction of sp³-hybridized carbons (Fsp3) is 0.458. The van der Waals surface area contributed by atoms with Gasteiger partial charge in [-0.15, -0.1) is 0 Å². The van der Waals surface area contributed by atoms with Gasteiger partial charge in [-0.25, -0.2) is 8.42 Å². The van der Waals surface area contributed by atoms with Crippen LogP contribution >= 0.6 is 0 Å². The SMILES string of the molecule is COc1ccc(NC(=O)CNc2cc(S(=O)(=O)N3CCOCC3)ccc2NC[C@@H]2CCCO2)cc1. The molecule has 2 aliphatic heterocycles. The number of hydrogen-bond acceptors (Lipinski definition) is 8. The molecule has 4 rings (SSSR count). The molecule has 0 aliphatic carbocycles. The minimum atomic E-state index is -3.68. The number of methoxy groups -OCH3 is 1. The van der Waals surface area contributed by atoms with Crippen LogP contribution in [0.2, 0.25) is 0 Å². The quantitative estimate of drug-likeness (QED) is 0.451. The third-order valence-electron chi connectivity index (χ3n) is 5.96. The zero-order valence-electron chi connectivity index (χ0n) is 19.8. The number of nitrogens with one attached hydrogen (secondary N) is 3. The first-order valence-electron chi connectivity index (χ1n) is 11.7. The highest BCUT2D eigenvalue weighted by molar-refractivity contribution is 7.89. The Balaban J connectivity index is 1.47. The van der Waals surface area contributed by atoms with Crippen LogP contribution in [0.1, 0.15) is 12.8 Å². The van der Waals surface area contributed by atoms with Crippen molar-refractivity contribution >= 4 is 33.0 Å². The van der Waals surface area contributed by atoms with Gasteiger partial charge in [0.25, 0.3) is 0 Å². The van der Waals surface area contributed by atoms with Crippen molar-refractivity contribution in [3.8, 4) is 5.75 Å². The van der Waals surface area contributed by atoms with Crippen molar-refractivity contribution in [2.24, 2.45) is 0 Å². The van der Waals surface area contributed by atoms with E-state index in [1.54, 1.807) is 49.6 Å². The molecule has 0 aromatic heterocycles. The molecule has 2 aromatic rings. The van der Waals surface area contributed by atoms with E-state index in [9.17, 15) is 13.2 Å². The molecule has 0 saturated carbocycles. The van der Waals surface area contributed by atoms with Crippen LogP contribution in [0.15, 0.2) is 47.4 Å². The highest BCUT2D eigenvalue weighted by atomic mass is 32.2. The molecular weight excluding hydrogens is 472 g/mol. The van der Waals surface area contributed by atoms with Gasteiger partial charge in [0.05, 0.1) is 49.2 Å². The van der Waals surface area contributed by atoms with Gasteiger partial charge in [-0.1, -0.05) is 0 Å². The summed E-state index contributed by atoms with van der Waals surface area (Å²) in [5, 5.41) is 9.26. The van der Waals surface area contributed by atoms with Gasteiger partial charge in [0.15, 0.2) is 0 Å². The Hall–Kier alpha value is -2.86. The van der Waals surface area contributed by atoms with Gasteiger partial charge in [-0.2, -0.15) is 4.31 Å². The predicted octanol–water partition coefficient (Wildman–Crippen LogP) is 2.36. The summed E-state index contributed by atoms with van der Waals surface area (Å²) in [6.45, 7) is 2.68. The Bertz CT molecular complexity index is 1100. The maximum Gasteiger partial charge on any atom is 0.243 e. The standard InChI is InChI=1S/C24H32N4O6S/c1-32-19-6-4-18(5-7-19)27-24(29)17-26-23-15-21(35(30,31)28-10-13-33-14-11-28)8-9-22(23)25-16-20-3-2-12-34-20/h4-9,15,20,25-26H,2-3,10-14,16-17H2,1H3,(H,27,29)/t20-/m0/s1. The zero-order chi connectivity index (χ0) is 24.7. The van der Waals surface area contributed by atoms with E-state index >= 15 is 0 Å². The predicted molar refractivity (Wildman–Crippen MR) is 134 cm³/mol. The topological polar surface area (TPSA) is 118 Å². The third-order valence-corrected chi connectivity index (χ3v) is 7.85. The Morgan fingerprint density at radius 1 is 1.06 bits per heavy atom. The number of sulfonamides is 1. The average molecular weight is 505 g/mol. The summed E-state index contributed by atoms with van der Waals surface area (Å²) < 4.78 is 43.9. The molecule has 2 aliphatic rings. The summed E-state index contributed by atoms with van der Waals surface area (Å²) in [4.78, 5) is 12.7. The van der Waals surface area contributed by atoms with E-state index in [2.05, 4.69) is 16.0 Å². The molecule has 0 bridgehead atoms. The van der Waals surface area contributed by atoms with E-state index in [0.29, 0.717) is 55.7 Å². The summed E-state index contributed by atoms with van der Waals surface area (Å²) in [6.07, 6.45) is 2.11. The number of nitrogens with zero attached hydrogens (tertiary/aromatic N) is 1. The Labute approximate surface area is 206 Å². The lowest BCUT2D eigenvalue weighted by atomic mass is 10.2. The number of morpholine rings is 1. The second-order valence-electron chi connectivity index (χ2n) is 8.37. The molecular formula is C24H32N4O6S. The average Bonchev–Trinajstić information content (AvgIpc) is 3.41. The maximum absolute atomic E-state index is 13.2. The van der Waals surface area contributed by atoms with Crippen LogP contribution in [0.25, 0.3) is 0 Å². The molecule has 2 saturated heterocycles. The third kappa shape index (κ3) is 6.63. The van der Waals surface area contributed by atoms with E-state index in [0.717, 1.165) is 19.4 Å². The van der Waals surface area contributed by atoms with Crippen molar-refractivity contribution in [3.05, 3.63) is 42.5 Å². The molecule has 11 heteroatoms. The smallest absolute Gasteiger partial charge is 0.243 e. The first kappa shape index (κ1) is 25.2. The molecule has 2 fully saturated rings. The summed E-state index contributed by atoms with van der Waals surface area (Å²) in [5.74, 6) is 0.433. The zero-order valence-corrected chi connectivity index (χ0v) is 20.6. The lowest BCUT2D eigenvalue weighted by molar-refractivity contribution is -0.114. The molecule has 3 N–H and O–H groups in total. The van der Waals surface area contributed by atoms with Gasteiger partial charge in [0.2, 0.25) is 15.9 Å². The van der Waals surface area contributed by atoms with E-state index in [4.69, 9.17) is 14.2 Å². The van der Waals surface area contributed by atoms with Crippen LogP contribution in [-0.4, -0.2) is 77.8 Å². The molecule has 2 heterocycles. The number of benzene rings is 2. The fourth-order valence-corrected chi connectivity index (χ4v) is 5.44. The van der Waals surface area contributed by atoms with E-state index < -0.39 is 10.0 Å². The van der Waals surface area contributed by atoms with Crippen molar-refractivity contribution in [1.29, 1.82) is 0 Å². The van der Waals surface area contributed by atoms with Crippen molar-refractivity contribution in [3.63, 3.8) is 0 Å². The second kappa shape index (κ2) is 11.7. The molecule has 2 aromatic carbocycles. The molecule has 0 radical (unpaired) electrons. The highest BCUT2D eigenvalue weighted by Gasteiger charge is 2.27. The summed E-state index contributed by atoms with van der Waals surface area (Å²) >= 11 is 0. The van der Waals surface area contributed by atoms with Gasteiger partial charge < -0.3 is 30.2 Å². The van der Waals surface area contributed by atoms with Gasteiger partial charge in [0.1, 0.15) is 5.75 Å². The summed E-state index contributed by atoms with van der Waals surface area (Å²) in [7, 11) is -2.10. The van der Waals surface area contributed by atoms with Gasteiger partial charge in [0, 0.05) is 31.9 Å². The molecule has 10 nitrogen and oxygen atoms in total. The molecule has 0 unspecified atom stereocenters.